The molecule has 6 nitrogen and oxygen atoms in total. The predicted octanol–water partition coefficient (Wildman–Crippen LogP) is 2.49. The van der Waals surface area contributed by atoms with Crippen molar-refractivity contribution in [3.05, 3.63) is 18.2 Å². The molecule has 0 spiro atoms. The van der Waals surface area contributed by atoms with E-state index in [0.29, 0.717) is 17.2 Å². The van der Waals surface area contributed by atoms with Gasteiger partial charge in [-0.1, -0.05) is 13.8 Å². The maximum absolute atomic E-state index is 12.0. The maximum atomic E-state index is 12.0. The van der Waals surface area contributed by atoms with Gasteiger partial charge in [-0.05, 0) is 12.1 Å². The second kappa shape index (κ2) is 5.27. The van der Waals surface area contributed by atoms with E-state index in [1.807, 2.05) is 0 Å². The normalized spacial score (nSPS) is 17.9. The third kappa shape index (κ3) is 3.26. The SMILES string of the molecule is CC(C(=O)O)C(C)C(=O)Nc1ccc2c(c1)OC(C)(C)O2. The first-order valence-corrected chi connectivity index (χ1v) is 6.75. The minimum atomic E-state index is -0.995. The molecule has 2 unspecified atom stereocenters. The summed E-state index contributed by atoms with van der Waals surface area (Å²) in [4.78, 5) is 22.9. The molecule has 1 aromatic carbocycles. The number of rotatable bonds is 4. The third-order valence-corrected chi connectivity index (χ3v) is 3.48. The summed E-state index contributed by atoms with van der Waals surface area (Å²) in [5.74, 6) is -2.28. The van der Waals surface area contributed by atoms with Crippen LogP contribution in [0.3, 0.4) is 0 Å². The Bertz CT molecular complexity index is 581. The van der Waals surface area contributed by atoms with E-state index in [2.05, 4.69) is 5.32 Å². The molecule has 0 fully saturated rings. The Morgan fingerprint density at radius 2 is 1.76 bits per heavy atom. The number of fused-ring (bicyclic) bond motifs is 1. The van der Waals surface area contributed by atoms with E-state index in [1.165, 1.54) is 6.92 Å². The van der Waals surface area contributed by atoms with Gasteiger partial charge >= 0.3 is 5.97 Å². The summed E-state index contributed by atoms with van der Waals surface area (Å²) in [6, 6.07) is 5.07. The predicted molar refractivity (Wildman–Crippen MR) is 76.4 cm³/mol. The lowest BCUT2D eigenvalue weighted by Gasteiger charge is -2.16. The number of hydrogen-bond donors (Lipinski definition) is 2. The number of carbonyl (C=O) groups is 2. The van der Waals surface area contributed by atoms with Gasteiger partial charge in [0.05, 0.1) is 5.92 Å². The van der Waals surface area contributed by atoms with Crippen LogP contribution in [0.1, 0.15) is 27.7 Å². The van der Waals surface area contributed by atoms with Crippen molar-refractivity contribution in [1.29, 1.82) is 0 Å². The lowest BCUT2D eigenvalue weighted by atomic mass is 9.95. The van der Waals surface area contributed by atoms with Gasteiger partial charge in [0.2, 0.25) is 11.7 Å². The minimum Gasteiger partial charge on any atom is -0.481 e. The molecule has 2 atom stereocenters. The van der Waals surface area contributed by atoms with E-state index < -0.39 is 23.6 Å². The topological polar surface area (TPSA) is 84.9 Å². The number of hydrogen-bond acceptors (Lipinski definition) is 4. The number of amides is 1. The Labute approximate surface area is 123 Å². The molecule has 1 amide bonds. The average Bonchev–Trinajstić information content (AvgIpc) is 2.69. The third-order valence-electron chi connectivity index (χ3n) is 3.48. The number of anilines is 1. The molecule has 21 heavy (non-hydrogen) atoms. The van der Waals surface area contributed by atoms with E-state index in [4.69, 9.17) is 14.6 Å². The zero-order valence-electron chi connectivity index (χ0n) is 12.5. The van der Waals surface area contributed by atoms with Gasteiger partial charge in [0.15, 0.2) is 11.5 Å². The molecular formula is C15H19NO5. The lowest BCUT2D eigenvalue weighted by molar-refractivity contribution is -0.145. The number of carboxylic acid groups (broad SMARTS) is 1. The van der Waals surface area contributed by atoms with Crippen molar-refractivity contribution in [3.63, 3.8) is 0 Å². The highest BCUT2D eigenvalue weighted by molar-refractivity contribution is 5.95. The molecule has 0 radical (unpaired) electrons. The van der Waals surface area contributed by atoms with Gasteiger partial charge in [-0.25, -0.2) is 0 Å². The summed E-state index contributed by atoms with van der Waals surface area (Å²) in [7, 11) is 0. The van der Waals surface area contributed by atoms with Crippen LogP contribution in [0.4, 0.5) is 5.69 Å². The van der Waals surface area contributed by atoms with Crippen LogP contribution in [0.5, 0.6) is 11.5 Å². The zero-order valence-corrected chi connectivity index (χ0v) is 12.5. The molecule has 1 heterocycles. The molecule has 1 aliphatic heterocycles. The van der Waals surface area contributed by atoms with Crippen LogP contribution in [0.2, 0.25) is 0 Å². The standard InChI is InChI=1S/C15H19NO5/c1-8(9(2)14(18)19)13(17)16-10-5-6-11-12(7-10)21-15(3,4)20-11/h5-9H,1-4H3,(H,16,17)(H,18,19). The molecule has 0 saturated carbocycles. The summed E-state index contributed by atoms with van der Waals surface area (Å²) < 4.78 is 11.2. The Balaban J connectivity index is 2.08. The van der Waals surface area contributed by atoms with Gasteiger partial charge < -0.3 is 19.9 Å². The number of aliphatic carboxylic acids is 1. The number of carboxylic acids is 1. The van der Waals surface area contributed by atoms with E-state index >= 15 is 0 Å². The lowest BCUT2D eigenvalue weighted by Crippen LogP contribution is -2.30. The molecular weight excluding hydrogens is 274 g/mol. The highest BCUT2D eigenvalue weighted by Crippen LogP contribution is 2.40. The molecule has 2 N–H and O–H groups in total. The zero-order chi connectivity index (χ0) is 15.8. The van der Waals surface area contributed by atoms with Crippen LogP contribution in [0, 0.1) is 11.8 Å². The quantitative estimate of drug-likeness (QED) is 0.891. The minimum absolute atomic E-state index is 0.344. The summed E-state index contributed by atoms with van der Waals surface area (Å²) in [5, 5.41) is 11.6. The Morgan fingerprint density at radius 3 is 2.38 bits per heavy atom. The van der Waals surface area contributed by atoms with E-state index in [-0.39, 0.29) is 5.91 Å². The molecule has 2 rings (SSSR count). The van der Waals surface area contributed by atoms with Crippen LogP contribution in [-0.4, -0.2) is 22.8 Å². The highest BCUT2D eigenvalue weighted by atomic mass is 16.7. The molecule has 6 heteroatoms. The van der Waals surface area contributed by atoms with Gasteiger partial charge in [0.25, 0.3) is 0 Å². The summed E-state index contributed by atoms with van der Waals surface area (Å²) in [6.07, 6.45) is 0. The first-order valence-electron chi connectivity index (χ1n) is 6.75. The maximum Gasteiger partial charge on any atom is 0.307 e. The summed E-state index contributed by atoms with van der Waals surface area (Å²) >= 11 is 0. The van der Waals surface area contributed by atoms with Gasteiger partial charge in [-0.15, -0.1) is 0 Å². The highest BCUT2D eigenvalue weighted by Gasteiger charge is 2.32. The monoisotopic (exact) mass is 293 g/mol. The number of carbonyl (C=O) groups excluding carboxylic acids is 1. The van der Waals surface area contributed by atoms with Crippen molar-refractivity contribution >= 4 is 17.6 Å². The molecule has 0 saturated heterocycles. The largest absolute Gasteiger partial charge is 0.481 e. The van der Waals surface area contributed by atoms with Crippen LogP contribution in [0.15, 0.2) is 18.2 Å². The average molecular weight is 293 g/mol. The number of ether oxygens (including phenoxy) is 2. The first-order chi connectivity index (χ1) is 9.69. The van der Waals surface area contributed by atoms with Crippen molar-refractivity contribution < 1.29 is 24.2 Å². The fourth-order valence-corrected chi connectivity index (χ4v) is 2.00. The molecule has 1 aliphatic rings. The molecule has 0 bridgehead atoms. The van der Waals surface area contributed by atoms with Gasteiger partial charge in [-0.2, -0.15) is 0 Å². The Hall–Kier alpha value is -2.24. The first kappa shape index (κ1) is 15.2. The van der Waals surface area contributed by atoms with Crippen LogP contribution in [-0.2, 0) is 9.59 Å². The van der Waals surface area contributed by atoms with Gasteiger partial charge in [0.1, 0.15) is 0 Å². The Morgan fingerprint density at radius 1 is 1.14 bits per heavy atom. The fourth-order valence-electron chi connectivity index (χ4n) is 2.00. The van der Waals surface area contributed by atoms with Crippen molar-refractivity contribution in [2.45, 2.75) is 33.5 Å². The molecule has 1 aromatic rings. The van der Waals surface area contributed by atoms with Crippen molar-refractivity contribution in [1.82, 2.24) is 0 Å². The molecule has 0 aromatic heterocycles. The van der Waals surface area contributed by atoms with E-state index in [9.17, 15) is 9.59 Å². The van der Waals surface area contributed by atoms with E-state index in [0.717, 1.165) is 0 Å². The Kier molecular flexibility index (Phi) is 3.80. The fraction of sp³-hybridized carbons (Fsp3) is 0.467. The van der Waals surface area contributed by atoms with Crippen LogP contribution in [0.25, 0.3) is 0 Å². The van der Waals surface area contributed by atoms with Gasteiger partial charge in [0, 0.05) is 31.5 Å². The van der Waals surface area contributed by atoms with Crippen LogP contribution >= 0.6 is 0 Å². The van der Waals surface area contributed by atoms with Crippen molar-refractivity contribution in [2.24, 2.45) is 11.8 Å². The molecule has 0 aliphatic carbocycles. The summed E-state index contributed by atoms with van der Waals surface area (Å²) in [6.45, 7) is 6.68. The summed E-state index contributed by atoms with van der Waals surface area (Å²) in [5.41, 5.74) is 0.546. The van der Waals surface area contributed by atoms with Crippen LogP contribution < -0.4 is 14.8 Å². The smallest absolute Gasteiger partial charge is 0.307 e. The van der Waals surface area contributed by atoms with E-state index in [1.54, 1.807) is 39.0 Å². The molecule has 114 valence electrons. The van der Waals surface area contributed by atoms with Crippen molar-refractivity contribution in [2.75, 3.05) is 5.32 Å². The second-order valence-electron chi connectivity index (χ2n) is 5.67. The number of nitrogens with one attached hydrogen (secondary N) is 1. The number of benzene rings is 1. The van der Waals surface area contributed by atoms with Crippen molar-refractivity contribution in [3.8, 4) is 11.5 Å². The second-order valence-corrected chi connectivity index (χ2v) is 5.67. The van der Waals surface area contributed by atoms with Gasteiger partial charge in [-0.3, -0.25) is 9.59 Å².